The smallest absolute Gasteiger partial charge is 0.225 e. The molecule has 0 aromatic carbocycles. The summed E-state index contributed by atoms with van der Waals surface area (Å²) in [4.78, 5) is 13.4. The van der Waals surface area contributed by atoms with E-state index in [9.17, 15) is 0 Å². The molecule has 0 spiro atoms. The van der Waals surface area contributed by atoms with Crippen LogP contribution < -0.4 is 0 Å². The van der Waals surface area contributed by atoms with Crippen LogP contribution in [0.1, 0.15) is 12.0 Å². The van der Waals surface area contributed by atoms with E-state index in [1.165, 1.54) is 0 Å². The summed E-state index contributed by atoms with van der Waals surface area (Å²) in [5.41, 5.74) is 9.34. The fourth-order valence-corrected chi connectivity index (χ4v) is 1.85. The zero-order chi connectivity index (χ0) is 13.0. The lowest BCUT2D eigenvalue weighted by Gasteiger charge is -1.94. The molecule has 0 aliphatic rings. The monoisotopic (exact) mass is 280 g/mol. The standard InChI is InChI=1S/C10H6Cl2N6/c11-8-7-6(3-1-2-4-15-18-13)5-14-9(7)17-10(12)16-8/h5H,2,4H2,(H,14,16,17). The van der Waals surface area contributed by atoms with E-state index in [2.05, 4.69) is 36.8 Å². The Morgan fingerprint density at radius 2 is 2.28 bits per heavy atom. The maximum Gasteiger partial charge on any atom is 0.225 e. The van der Waals surface area contributed by atoms with Gasteiger partial charge in [0.1, 0.15) is 10.8 Å². The van der Waals surface area contributed by atoms with E-state index in [0.717, 1.165) is 0 Å². The molecule has 0 radical (unpaired) electrons. The van der Waals surface area contributed by atoms with Crippen molar-refractivity contribution in [1.82, 2.24) is 15.0 Å². The second-order valence-corrected chi connectivity index (χ2v) is 3.91. The van der Waals surface area contributed by atoms with Gasteiger partial charge in [-0.3, -0.25) is 0 Å². The van der Waals surface area contributed by atoms with Crippen molar-refractivity contribution < 1.29 is 0 Å². The van der Waals surface area contributed by atoms with Crippen LogP contribution in [0, 0.1) is 11.8 Å². The molecule has 0 fully saturated rings. The van der Waals surface area contributed by atoms with E-state index in [-0.39, 0.29) is 10.4 Å². The fourth-order valence-electron chi connectivity index (χ4n) is 1.37. The molecule has 0 atom stereocenters. The summed E-state index contributed by atoms with van der Waals surface area (Å²) in [6.07, 6.45) is 2.16. The van der Waals surface area contributed by atoms with Crippen LogP contribution in [0.2, 0.25) is 10.4 Å². The topological polar surface area (TPSA) is 90.3 Å². The van der Waals surface area contributed by atoms with Crippen molar-refractivity contribution in [3.05, 3.63) is 32.6 Å². The number of azide groups is 1. The van der Waals surface area contributed by atoms with Gasteiger partial charge in [-0.15, -0.1) is 0 Å². The van der Waals surface area contributed by atoms with E-state index < -0.39 is 0 Å². The molecule has 1 N–H and O–H groups in total. The number of hydrogen-bond donors (Lipinski definition) is 1. The number of rotatable bonds is 2. The van der Waals surface area contributed by atoms with Gasteiger partial charge in [0.2, 0.25) is 5.28 Å². The van der Waals surface area contributed by atoms with Crippen LogP contribution in [0.15, 0.2) is 11.3 Å². The number of aromatic amines is 1. The molecule has 2 aromatic heterocycles. The van der Waals surface area contributed by atoms with E-state index in [1.807, 2.05) is 0 Å². The Balaban J connectivity index is 2.32. The first kappa shape index (κ1) is 12.5. The first-order chi connectivity index (χ1) is 8.72. The van der Waals surface area contributed by atoms with Crippen LogP contribution in [-0.2, 0) is 0 Å². The van der Waals surface area contributed by atoms with Gasteiger partial charge in [0.15, 0.2) is 0 Å². The molecule has 0 aliphatic carbocycles. The van der Waals surface area contributed by atoms with E-state index in [0.29, 0.717) is 29.6 Å². The number of fused-ring (bicyclic) bond motifs is 1. The molecular formula is C10H6Cl2N6. The molecule has 0 amide bonds. The summed E-state index contributed by atoms with van der Waals surface area (Å²) in [6.45, 7) is 0.335. The van der Waals surface area contributed by atoms with Crippen LogP contribution in [0.25, 0.3) is 21.5 Å². The minimum absolute atomic E-state index is 0.0808. The average Bonchev–Trinajstić information content (AvgIpc) is 2.72. The molecule has 0 unspecified atom stereocenters. The summed E-state index contributed by atoms with van der Waals surface area (Å²) >= 11 is 11.7. The van der Waals surface area contributed by atoms with Crippen molar-refractivity contribution >= 4 is 34.2 Å². The molecule has 6 nitrogen and oxygen atoms in total. The van der Waals surface area contributed by atoms with Gasteiger partial charge in [-0.2, -0.15) is 4.98 Å². The summed E-state index contributed by atoms with van der Waals surface area (Å²) in [5.74, 6) is 5.79. The van der Waals surface area contributed by atoms with Crippen molar-refractivity contribution in [1.29, 1.82) is 0 Å². The van der Waals surface area contributed by atoms with Gasteiger partial charge < -0.3 is 4.98 Å². The molecule has 2 aromatic rings. The minimum atomic E-state index is 0.0808. The SMILES string of the molecule is [N-]=[N+]=NCCC#Cc1c[nH]c2nc(Cl)nc(Cl)c12. The second kappa shape index (κ2) is 5.61. The Hall–Kier alpha value is -1.93. The molecule has 0 aliphatic heterocycles. The molecule has 18 heavy (non-hydrogen) atoms. The van der Waals surface area contributed by atoms with Gasteiger partial charge >= 0.3 is 0 Å². The van der Waals surface area contributed by atoms with Gasteiger partial charge in [-0.05, 0) is 17.1 Å². The van der Waals surface area contributed by atoms with Gasteiger partial charge in [0.25, 0.3) is 0 Å². The Kier molecular flexibility index (Phi) is 3.90. The maximum atomic E-state index is 8.11. The third-order valence-electron chi connectivity index (χ3n) is 2.08. The summed E-state index contributed by atoms with van der Waals surface area (Å²) < 4.78 is 0. The quantitative estimate of drug-likeness (QED) is 0.174. The molecular weight excluding hydrogens is 275 g/mol. The van der Waals surface area contributed by atoms with E-state index in [4.69, 9.17) is 28.7 Å². The Morgan fingerprint density at radius 1 is 1.44 bits per heavy atom. The lowest BCUT2D eigenvalue weighted by Crippen LogP contribution is -1.85. The molecule has 0 saturated heterocycles. The Morgan fingerprint density at radius 3 is 3.06 bits per heavy atom. The minimum Gasteiger partial charge on any atom is -0.345 e. The highest BCUT2D eigenvalue weighted by Gasteiger charge is 2.09. The van der Waals surface area contributed by atoms with Crippen molar-refractivity contribution in [2.24, 2.45) is 5.11 Å². The molecule has 2 heterocycles. The van der Waals surface area contributed by atoms with Crippen molar-refractivity contribution in [2.45, 2.75) is 6.42 Å². The average molecular weight is 281 g/mol. The maximum absolute atomic E-state index is 8.11. The molecule has 8 heteroatoms. The van der Waals surface area contributed by atoms with Gasteiger partial charge in [0, 0.05) is 24.1 Å². The highest BCUT2D eigenvalue weighted by molar-refractivity contribution is 6.36. The zero-order valence-corrected chi connectivity index (χ0v) is 10.5. The predicted molar refractivity (Wildman–Crippen MR) is 69.4 cm³/mol. The Bertz CT molecular complexity index is 689. The largest absolute Gasteiger partial charge is 0.345 e. The van der Waals surface area contributed by atoms with Crippen molar-refractivity contribution in [3.8, 4) is 11.8 Å². The summed E-state index contributed by atoms with van der Waals surface area (Å²) in [7, 11) is 0. The molecule has 0 bridgehead atoms. The highest BCUT2D eigenvalue weighted by atomic mass is 35.5. The third kappa shape index (κ3) is 2.66. The summed E-state index contributed by atoms with van der Waals surface area (Å²) in [6, 6.07) is 0. The Labute approximate surface area is 112 Å². The fraction of sp³-hybridized carbons (Fsp3) is 0.200. The lowest BCUT2D eigenvalue weighted by atomic mass is 10.2. The lowest BCUT2D eigenvalue weighted by molar-refractivity contribution is 1.01. The number of hydrogen-bond acceptors (Lipinski definition) is 3. The molecule has 2 rings (SSSR count). The van der Waals surface area contributed by atoms with Crippen LogP contribution in [-0.4, -0.2) is 21.5 Å². The predicted octanol–water partition coefficient (Wildman–Crippen LogP) is 3.32. The molecule has 90 valence electrons. The second-order valence-electron chi connectivity index (χ2n) is 3.22. The zero-order valence-electron chi connectivity index (χ0n) is 8.98. The number of aromatic nitrogens is 3. The first-order valence-electron chi connectivity index (χ1n) is 4.92. The number of nitrogens with one attached hydrogen (secondary N) is 1. The summed E-state index contributed by atoms with van der Waals surface area (Å²) in [5, 5.41) is 4.36. The highest BCUT2D eigenvalue weighted by Crippen LogP contribution is 2.24. The van der Waals surface area contributed by atoms with Crippen LogP contribution in [0.3, 0.4) is 0 Å². The van der Waals surface area contributed by atoms with Crippen LogP contribution >= 0.6 is 23.2 Å². The van der Waals surface area contributed by atoms with Crippen LogP contribution in [0.4, 0.5) is 0 Å². The van der Waals surface area contributed by atoms with E-state index in [1.54, 1.807) is 6.20 Å². The van der Waals surface area contributed by atoms with Crippen LogP contribution in [0.5, 0.6) is 0 Å². The number of H-pyrrole nitrogens is 1. The number of halogens is 2. The first-order valence-corrected chi connectivity index (χ1v) is 5.68. The molecule has 0 saturated carbocycles. The van der Waals surface area contributed by atoms with Gasteiger partial charge in [-0.1, -0.05) is 28.6 Å². The van der Waals surface area contributed by atoms with Crippen molar-refractivity contribution in [2.75, 3.05) is 6.54 Å². The van der Waals surface area contributed by atoms with Gasteiger partial charge in [-0.25, -0.2) is 4.98 Å². The van der Waals surface area contributed by atoms with Crippen molar-refractivity contribution in [3.63, 3.8) is 0 Å². The van der Waals surface area contributed by atoms with Gasteiger partial charge in [0.05, 0.1) is 10.9 Å². The third-order valence-corrected chi connectivity index (χ3v) is 2.53. The number of nitrogens with zero attached hydrogens (tertiary/aromatic N) is 5. The normalized spacial score (nSPS) is 9.67. The van der Waals surface area contributed by atoms with E-state index >= 15 is 0 Å².